The van der Waals surface area contributed by atoms with Gasteiger partial charge in [-0.15, -0.1) is 0 Å². The number of aromatic nitrogens is 2. The number of rotatable bonds is 8. The van der Waals surface area contributed by atoms with Crippen molar-refractivity contribution in [1.82, 2.24) is 15.3 Å². The average Bonchev–Trinajstić information content (AvgIpc) is 2.58. The minimum absolute atomic E-state index is 0.0618. The first-order valence-electron chi connectivity index (χ1n) is 7.25. The van der Waals surface area contributed by atoms with Gasteiger partial charge in [-0.25, -0.2) is 9.97 Å². The molecule has 0 saturated carbocycles. The summed E-state index contributed by atoms with van der Waals surface area (Å²) in [5, 5.41) is 15.5. The topological polar surface area (TPSA) is 79.3 Å². The van der Waals surface area contributed by atoms with Crippen LogP contribution >= 0.6 is 0 Å². The number of hydrogen-bond donors (Lipinski definition) is 3. The first kappa shape index (κ1) is 16.2. The molecule has 0 aliphatic rings. The Morgan fingerprint density at radius 2 is 2.05 bits per heavy atom. The third-order valence-corrected chi connectivity index (χ3v) is 3.39. The summed E-state index contributed by atoms with van der Waals surface area (Å²) >= 11 is 0. The quantitative estimate of drug-likeness (QED) is 0.689. The molecule has 0 aliphatic carbocycles. The van der Waals surface area contributed by atoms with Gasteiger partial charge in [0.25, 0.3) is 0 Å². The SMILES string of the molecule is COc1ccc(CNc2ncncc2[C@@H](C)NCCO)cc1. The van der Waals surface area contributed by atoms with E-state index in [1.807, 2.05) is 31.2 Å². The number of nitrogens with zero attached hydrogens (tertiary/aromatic N) is 2. The molecule has 2 rings (SSSR count). The fourth-order valence-corrected chi connectivity index (χ4v) is 2.13. The summed E-state index contributed by atoms with van der Waals surface area (Å²) in [7, 11) is 1.65. The van der Waals surface area contributed by atoms with Crippen molar-refractivity contribution in [2.75, 3.05) is 25.6 Å². The Labute approximate surface area is 130 Å². The molecule has 0 unspecified atom stereocenters. The first-order valence-corrected chi connectivity index (χ1v) is 7.25. The van der Waals surface area contributed by atoms with Crippen LogP contribution in [0.4, 0.5) is 5.82 Å². The summed E-state index contributed by atoms with van der Waals surface area (Å²) in [5.41, 5.74) is 2.12. The van der Waals surface area contributed by atoms with Crippen LogP contribution in [-0.2, 0) is 6.54 Å². The lowest BCUT2D eigenvalue weighted by molar-refractivity contribution is 0.286. The standard InChI is InChI=1S/C16H22N4O2/c1-12(18-7-8-21)15-10-17-11-20-16(15)19-9-13-3-5-14(22-2)6-4-13/h3-6,10-12,18,21H,7-9H2,1-2H3,(H,17,19,20)/t12-/m1/s1. The Balaban J connectivity index is 2.02. The number of benzene rings is 1. The van der Waals surface area contributed by atoms with Crippen LogP contribution in [0.25, 0.3) is 0 Å². The van der Waals surface area contributed by atoms with E-state index in [0.29, 0.717) is 13.1 Å². The molecule has 6 heteroatoms. The van der Waals surface area contributed by atoms with E-state index in [0.717, 1.165) is 22.7 Å². The molecular formula is C16H22N4O2. The van der Waals surface area contributed by atoms with E-state index >= 15 is 0 Å². The molecule has 3 N–H and O–H groups in total. The molecule has 0 saturated heterocycles. The van der Waals surface area contributed by atoms with Gasteiger partial charge in [0.1, 0.15) is 17.9 Å². The van der Waals surface area contributed by atoms with Crippen LogP contribution in [0, 0.1) is 0 Å². The normalized spacial score (nSPS) is 12.0. The molecule has 1 atom stereocenters. The number of aliphatic hydroxyl groups excluding tert-OH is 1. The van der Waals surface area contributed by atoms with Crippen molar-refractivity contribution in [2.24, 2.45) is 0 Å². The number of hydrogen-bond acceptors (Lipinski definition) is 6. The predicted octanol–water partition coefficient (Wildman–Crippen LogP) is 1.74. The van der Waals surface area contributed by atoms with E-state index in [1.165, 1.54) is 6.33 Å². The van der Waals surface area contributed by atoms with Crippen molar-refractivity contribution >= 4 is 5.82 Å². The molecule has 1 aromatic carbocycles. The summed E-state index contributed by atoms with van der Waals surface area (Å²) in [5.74, 6) is 1.64. The zero-order chi connectivity index (χ0) is 15.8. The second-order valence-corrected chi connectivity index (χ2v) is 4.93. The minimum atomic E-state index is 0.0618. The van der Waals surface area contributed by atoms with Crippen LogP contribution in [0.2, 0.25) is 0 Å². The smallest absolute Gasteiger partial charge is 0.134 e. The van der Waals surface area contributed by atoms with Gasteiger partial charge in [0, 0.05) is 30.9 Å². The summed E-state index contributed by atoms with van der Waals surface area (Å²) < 4.78 is 5.15. The molecular weight excluding hydrogens is 280 g/mol. The summed E-state index contributed by atoms with van der Waals surface area (Å²) in [6, 6.07) is 7.96. The monoisotopic (exact) mass is 302 g/mol. The van der Waals surface area contributed by atoms with E-state index in [9.17, 15) is 0 Å². The van der Waals surface area contributed by atoms with Crippen LogP contribution < -0.4 is 15.4 Å². The largest absolute Gasteiger partial charge is 0.497 e. The highest BCUT2D eigenvalue weighted by molar-refractivity contribution is 5.44. The van der Waals surface area contributed by atoms with Crippen molar-refractivity contribution in [3.05, 3.63) is 47.9 Å². The maximum atomic E-state index is 8.91. The van der Waals surface area contributed by atoms with Gasteiger partial charge < -0.3 is 20.5 Å². The van der Waals surface area contributed by atoms with Gasteiger partial charge in [0.15, 0.2) is 0 Å². The van der Waals surface area contributed by atoms with Gasteiger partial charge >= 0.3 is 0 Å². The molecule has 1 heterocycles. The molecule has 118 valence electrons. The van der Waals surface area contributed by atoms with Crippen LogP contribution in [0.5, 0.6) is 5.75 Å². The summed E-state index contributed by atoms with van der Waals surface area (Å²) in [4.78, 5) is 8.39. The third kappa shape index (κ3) is 4.41. The molecule has 2 aromatic rings. The van der Waals surface area contributed by atoms with Gasteiger partial charge in [-0.3, -0.25) is 0 Å². The molecule has 0 spiro atoms. The number of nitrogens with one attached hydrogen (secondary N) is 2. The predicted molar refractivity (Wildman–Crippen MR) is 85.9 cm³/mol. The fourth-order valence-electron chi connectivity index (χ4n) is 2.13. The van der Waals surface area contributed by atoms with E-state index in [4.69, 9.17) is 9.84 Å². The number of methoxy groups -OCH3 is 1. The fraction of sp³-hybridized carbons (Fsp3) is 0.375. The molecule has 0 amide bonds. The lowest BCUT2D eigenvalue weighted by atomic mass is 10.1. The molecule has 0 bridgehead atoms. The second-order valence-electron chi connectivity index (χ2n) is 4.93. The van der Waals surface area contributed by atoms with Crippen molar-refractivity contribution in [3.63, 3.8) is 0 Å². The number of ether oxygens (including phenoxy) is 1. The second kappa shape index (κ2) is 8.31. The zero-order valence-corrected chi connectivity index (χ0v) is 12.9. The van der Waals surface area contributed by atoms with Crippen LogP contribution in [0.1, 0.15) is 24.1 Å². The molecule has 1 aromatic heterocycles. The zero-order valence-electron chi connectivity index (χ0n) is 12.9. The molecule has 6 nitrogen and oxygen atoms in total. The van der Waals surface area contributed by atoms with E-state index in [-0.39, 0.29) is 12.6 Å². The lowest BCUT2D eigenvalue weighted by Crippen LogP contribution is -2.23. The van der Waals surface area contributed by atoms with Gasteiger partial charge in [0.2, 0.25) is 0 Å². The highest BCUT2D eigenvalue weighted by Crippen LogP contribution is 2.20. The lowest BCUT2D eigenvalue weighted by Gasteiger charge is -2.17. The highest BCUT2D eigenvalue weighted by atomic mass is 16.5. The Morgan fingerprint density at radius 3 is 2.73 bits per heavy atom. The number of aliphatic hydroxyl groups is 1. The highest BCUT2D eigenvalue weighted by Gasteiger charge is 2.11. The van der Waals surface area contributed by atoms with E-state index in [1.54, 1.807) is 13.3 Å². The van der Waals surface area contributed by atoms with Gasteiger partial charge in [0.05, 0.1) is 13.7 Å². The van der Waals surface area contributed by atoms with Crippen LogP contribution in [0.15, 0.2) is 36.8 Å². The van der Waals surface area contributed by atoms with Crippen molar-refractivity contribution < 1.29 is 9.84 Å². The Hall–Kier alpha value is -2.18. The van der Waals surface area contributed by atoms with Gasteiger partial charge in [-0.1, -0.05) is 12.1 Å². The average molecular weight is 302 g/mol. The van der Waals surface area contributed by atoms with Crippen LogP contribution in [-0.4, -0.2) is 35.3 Å². The van der Waals surface area contributed by atoms with Crippen molar-refractivity contribution in [1.29, 1.82) is 0 Å². The Morgan fingerprint density at radius 1 is 1.27 bits per heavy atom. The van der Waals surface area contributed by atoms with E-state index in [2.05, 4.69) is 20.6 Å². The third-order valence-electron chi connectivity index (χ3n) is 3.39. The minimum Gasteiger partial charge on any atom is -0.497 e. The van der Waals surface area contributed by atoms with Crippen molar-refractivity contribution in [2.45, 2.75) is 19.5 Å². The molecule has 0 aliphatic heterocycles. The number of anilines is 1. The first-order chi connectivity index (χ1) is 10.7. The van der Waals surface area contributed by atoms with Gasteiger partial charge in [-0.05, 0) is 24.6 Å². The Bertz CT molecular complexity index is 575. The maximum Gasteiger partial charge on any atom is 0.134 e. The molecule has 0 fully saturated rings. The maximum absolute atomic E-state index is 8.91. The van der Waals surface area contributed by atoms with Crippen molar-refractivity contribution in [3.8, 4) is 5.75 Å². The Kier molecular flexibility index (Phi) is 6.12. The van der Waals surface area contributed by atoms with Gasteiger partial charge in [-0.2, -0.15) is 0 Å². The van der Waals surface area contributed by atoms with Crippen LogP contribution in [0.3, 0.4) is 0 Å². The molecule has 0 radical (unpaired) electrons. The van der Waals surface area contributed by atoms with E-state index < -0.39 is 0 Å². The summed E-state index contributed by atoms with van der Waals surface area (Å²) in [6.07, 6.45) is 3.32. The summed E-state index contributed by atoms with van der Waals surface area (Å²) in [6.45, 7) is 3.33. The molecule has 22 heavy (non-hydrogen) atoms.